The summed E-state index contributed by atoms with van der Waals surface area (Å²) in [5.41, 5.74) is 4.03. The Labute approximate surface area is 183 Å². The lowest BCUT2D eigenvalue weighted by Crippen LogP contribution is -2.44. The largest absolute Gasteiger partial charge is 0.324 e. The van der Waals surface area contributed by atoms with E-state index in [1.807, 2.05) is 32.0 Å². The van der Waals surface area contributed by atoms with Crippen molar-refractivity contribution in [2.24, 2.45) is 0 Å². The minimum Gasteiger partial charge on any atom is -0.324 e. The number of nitrogens with one attached hydrogen (secondary N) is 1. The molecule has 1 fully saturated rings. The Balaban J connectivity index is 1.62. The molecular weight excluding hydrogens is 414 g/mol. The van der Waals surface area contributed by atoms with Crippen molar-refractivity contribution in [1.82, 2.24) is 4.31 Å². The fourth-order valence-electron chi connectivity index (χ4n) is 4.54. The second kappa shape index (κ2) is 8.09. The van der Waals surface area contributed by atoms with Gasteiger partial charge in [-0.3, -0.25) is 14.5 Å². The minimum atomic E-state index is -3.56. The number of carbonyl (C=O) groups excluding carboxylic acids is 2. The Morgan fingerprint density at radius 3 is 2.26 bits per heavy atom. The number of anilines is 2. The van der Waals surface area contributed by atoms with E-state index in [9.17, 15) is 18.0 Å². The van der Waals surface area contributed by atoms with Gasteiger partial charge in [-0.05, 0) is 73.7 Å². The summed E-state index contributed by atoms with van der Waals surface area (Å²) >= 11 is 0. The van der Waals surface area contributed by atoms with Gasteiger partial charge in [0, 0.05) is 37.8 Å². The Morgan fingerprint density at radius 1 is 1.00 bits per heavy atom. The lowest BCUT2D eigenvalue weighted by atomic mass is 10.1. The van der Waals surface area contributed by atoms with E-state index in [0.29, 0.717) is 30.0 Å². The first-order chi connectivity index (χ1) is 14.7. The fraction of sp³-hybridized carbons (Fsp3) is 0.391. The van der Waals surface area contributed by atoms with Crippen molar-refractivity contribution < 1.29 is 18.0 Å². The van der Waals surface area contributed by atoms with Crippen molar-refractivity contribution in [3.05, 3.63) is 53.1 Å². The average molecular weight is 442 g/mol. The first kappa shape index (κ1) is 21.5. The molecule has 7 nitrogen and oxygen atoms in total. The van der Waals surface area contributed by atoms with Gasteiger partial charge in [-0.15, -0.1) is 0 Å². The van der Waals surface area contributed by atoms with Gasteiger partial charge < -0.3 is 5.32 Å². The molecule has 4 rings (SSSR count). The zero-order chi connectivity index (χ0) is 22.3. The molecule has 2 heterocycles. The van der Waals surface area contributed by atoms with Gasteiger partial charge >= 0.3 is 0 Å². The molecule has 2 aliphatic rings. The number of fused-ring (bicyclic) bond motifs is 1. The third kappa shape index (κ3) is 4.09. The zero-order valence-electron chi connectivity index (χ0n) is 18.0. The number of hydrogen-bond donors (Lipinski definition) is 1. The molecule has 0 radical (unpaired) electrons. The molecule has 0 unspecified atom stereocenters. The maximum atomic E-state index is 13.1. The summed E-state index contributed by atoms with van der Waals surface area (Å²) in [5, 5.41) is 2.92. The number of amides is 2. The number of benzene rings is 2. The molecule has 1 N–H and O–H groups in total. The second-order valence-electron chi connectivity index (χ2n) is 8.38. The number of nitrogens with zero attached hydrogens (tertiary/aromatic N) is 2. The van der Waals surface area contributed by atoms with E-state index in [4.69, 9.17) is 0 Å². The maximum absolute atomic E-state index is 13.1. The quantitative estimate of drug-likeness (QED) is 0.790. The van der Waals surface area contributed by atoms with Gasteiger partial charge in [0.2, 0.25) is 21.8 Å². The summed E-state index contributed by atoms with van der Waals surface area (Å²) in [5.74, 6) is -0.546. The van der Waals surface area contributed by atoms with Crippen molar-refractivity contribution in [2.45, 2.75) is 51.0 Å². The predicted molar refractivity (Wildman–Crippen MR) is 120 cm³/mol. The molecule has 2 aliphatic heterocycles. The third-order valence-electron chi connectivity index (χ3n) is 5.87. The van der Waals surface area contributed by atoms with Crippen molar-refractivity contribution in [3.8, 4) is 0 Å². The van der Waals surface area contributed by atoms with Crippen LogP contribution in [-0.4, -0.2) is 43.7 Å². The van der Waals surface area contributed by atoms with Crippen LogP contribution in [0, 0.1) is 13.8 Å². The van der Waals surface area contributed by atoms with E-state index >= 15 is 0 Å². The normalized spacial score (nSPS) is 18.8. The van der Waals surface area contributed by atoms with Crippen LogP contribution in [0.2, 0.25) is 0 Å². The van der Waals surface area contributed by atoms with Crippen LogP contribution in [0.1, 0.15) is 36.5 Å². The molecule has 1 saturated heterocycles. The summed E-state index contributed by atoms with van der Waals surface area (Å²) < 4.78 is 27.4. The van der Waals surface area contributed by atoms with Gasteiger partial charge in [0.15, 0.2) is 0 Å². The number of aryl methyl sites for hydroxylation is 2. The topological polar surface area (TPSA) is 86.8 Å². The van der Waals surface area contributed by atoms with Crippen molar-refractivity contribution in [3.63, 3.8) is 0 Å². The first-order valence-electron chi connectivity index (χ1n) is 10.5. The Kier molecular flexibility index (Phi) is 5.61. The van der Waals surface area contributed by atoms with Gasteiger partial charge in [-0.25, -0.2) is 8.42 Å². The van der Waals surface area contributed by atoms with Crippen LogP contribution >= 0.6 is 0 Å². The van der Waals surface area contributed by atoms with Gasteiger partial charge in [0.25, 0.3) is 0 Å². The highest BCUT2D eigenvalue weighted by Gasteiger charge is 2.38. The summed E-state index contributed by atoms with van der Waals surface area (Å²) in [6, 6.07) is 9.85. The first-order valence-corrected chi connectivity index (χ1v) is 11.9. The molecule has 2 aromatic rings. The fourth-order valence-corrected chi connectivity index (χ4v) is 6.11. The van der Waals surface area contributed by atoms with Crippen molar-refractivity contribution >= 4 is 33.2 Å². The lowest BCUT2D eigenvalue weighted by molar-refractivity contribution is -0.122. The van der Waals surface area contributed by atoms with Gasteiger partial charge in [0.05, 0.1) is 4.90 Å². The van der Waals surface area contributed by atoms with E-state index < -0.39 is 16.1 Å². The second-order valence-corrected chi connectivity index (χ2v) is 10.3. The highest BCUT2D eigenvalue weighted by molar-refractivity contribution is 7.89. The molecule has 0 bridgehead atoms. The molecule has 31 heavy (non-hydrogen) atoms. The monoisotopic (exact) mass is 441 g/mol. The molecule has 8 heteroatoms. The number of hydrogen-bond acceptors (Lipinski definition) is 4. The van der Waals surface area contributed by atoms with Crippen LogP contribution in [0.25, 0.3) is 0 Å². The standard InChI is InChI=1S/C23H27N3O4S/c1-15-10-16(2)12-19(11-15)24-23(28)22-14-18-13-20(6-7-21(18)26(22)17(3)27)31(29,30)25-8-4-5-9-25/h6-7,10-13,22H,4-5,8-9,14H2,1-3H3,(H,24,28)/t22-/m1/s1. The molecule has 2 amide bonds. The number of rotatable bonds is 4. The average Bonchev–Trinajstić information content (AvgIpc) is 3.35. The summed E-state index contributed by atoms with van der Waals surface area (Å²) in [7, 11) is -3.56. The Morgan fingerprint density at radius 2 is 1.65 bits per heavy atom. The smallest absolute Gasteiger partial charge is 0.247 e. The van der Waals surface area contributed by atoms with Crippen molar-refractivity contribution in [1.29, 1.82) is 0 Å². The molecule has 0 aliphatic carbocycles. The zero-order valence-corrected chi connectivity index (χ0v) is 18.8. The van der Waals surface area contributed by atoms with Gasteiger partial charge in [-0.2, -0.15) is 4.31 Å². The van der Waals surface area contributed by atoms with E-state index in [0.717, 1.165) is 24.0 Å². The minimum absolute atomic E-state index is 0.215. The highest BCUT2D eigenvalue weighted by atomic mass is 32.2. The number of carbonyl (C=O) groups is 2. The van der Waals surface area contributed by atoms with E-state index in [1.54, 1.807) is 12.1 Å². The summed E-state index contributed by atoms with van der Waals surface area (Å²) in [6.45, 7) is 6.39. The summed E-state index contributed by atoms with van der Waals surface area (Å²) in [4.78, 5) is 27.1. The van der Waals surface area contributed by atoms with E-state index in [2.05, 4.69) is 5.32 Å². The lowest BCUT2D eigenvalue weighted by Gasteiger charge is -2.23. The van der Waals surface area contributed by atoms with Crippen LogP contribution < -0.4 is 10.2 Å². The van der Waals surface area contributed by atoms with Gasteiger partial charge in [-0.1, -0.05) is 6.07 Å². The molecule has 164 valence electrons. The molecule has 0 spiro atoms. The van der Waals surface area contributed by atoms with Crippen LogP contribution in [0.15, 0.2) is 41.3 Å². The summed E-state index contributed by atoms with van der Waals surface area (Å²) in [6.07, 6.45) is 2.00. The van der Waals surface area contributed by atoms with E-state index in [-0.39, 0.29) is 23.1 Å². The Bertz CT molecular complexity index is 1130. The maximum Gasteiger partial charge on any atom is 0.247 e. The molecule has 1 atom stereocenters. The van der Waals surface area contributed by atoms with Gasteiger partial charge in [0.1, 0.15) is 6.04 Å². The molecular formula is C23H27N3O4S. The molecule has 2 aromatic carbocycles. The predicted octanol–water partition coefficient (Wildman–Crippen LogP) is 3.00. The van der Waals surface area contributed by atoms with Crippen LogP contribution in [0.5, 0.6) is 0 Å². The molecule has 0 aromatic heterocycles. The SMILES string of the molecule is CC(=O)N1c2ccc(S(=O)(=O)N3CCCC3)cc2C[C@@H]1C(=O)Nc1cc(C)cc(C)c1. The van der Waals surface area contributed by atoms with E-state index in [1.165, 1.54) is 22.2 Å². The van der Waals surface area contributed by atoms with Crippen LogP contribution in [-0.2, 0) is 26.0 Å². The highest BCUT2D eigenvalue weighted by Crippen LogP contribution is 2.35. The number of sulfonamides is 1. The van der Waals surface area contributed by atoms with Crippen LogP contribution in [0.4, 0.5) is 11.4 Å². The van der Waals surface area contributed by atoms with Crippen molar-refractivity contribution in [2.75, 3.05) is 23.3 Å². The third-order valence-corrected chi connectivity index (χ3v) is 7.76. The molecule has 0 saturated carbocycles. The van der Waals surface area contributed by atoms with Crippen LogP contribution in [0.3, 0.4) is 0 Å². The Hall–Kier alpha value is -2.71.